The van der Waals surface area contributed by atoms with E-state index < -0.39 is 17.1 Å². The summed E-state index contributed by atoms with van der Waals surface area (Å²) in [6.07, 6.45) is 3.95. The lowest BCUT2D eigenvalue weighted by Gasteiger charge is -2.16. The van der Waals surface area contributed by atoms with Gasteiger partial charge in [0.05, 0.1) is 17.4 Å². The van der Waals surface area contributed by atoms with Gasteiger partial charge in [-0.15, -0.1) is 23.1 Å². The molecule has 4 aromatic rings. The zero-order chi connectivity index (χ0) is 32.0. The molecule has 232 valence electrons. The number of thiophene rings is 1. The number of ether oxygens (including phenoxy) is 1. The van der Waals surface area contributed by atoms with Gasteiger partial charge in [0.1, 0.15) is 5.70 Å². The highest BCUT2D eigenvalue weighted by atomic mass is 32.2. The molecule has 0 aliphatic heterocycles. The number of amides is 3. The number of carbonyl (C=O) groups excluding carboxylic acids is 4. The smallest absolute Gasteiger partial charge is 0.338 e. The van der Waals surface area contributed by atoms with Crippen molar-refractivity contribution in [2.45, 2.75) is 43.3 Å². The average molecular weight is 642 g/mol. The number of esters is 1. The second kappa shape index (κ2) is 17.0. The highest BCUT2D eigenvalue weighted by Crippen LogP contribution is 2.29. The number of rotatable bonds is 14. The van der Waals surface area contributed by atoms with Crippen molar-refractivity contribution in [1.29, 1.82) is 0 Å². The summed E-state index contributed by atoms with van der Waals surface area (Å²) >= 11 is 2.83. The van der Waals surface area contributed by atoms with Crippen LogP contribution in [0.25, 0.3) is 6.08 Å². The van der Waals surface area contributed by atoms with Crippen LogP contribution in [-0.2, 0) is 14.3 Å². The van der Waals surface area contributed by atoms with Crippen molar-refractivity contribution in [3.8, 4) is 0 Å². The van der Waals surface area contributed by atoms with E-state index in [4.69, 9.17) is 4.74 Å². The number of benzene rings is 3. The molecule has 0 aliphatic carbocycles. The predicted molar refractivity (Wildman–Crippen MR) is 181 cm³/mol. The summed E-state index contributed by atoms with van der Waals surface area (Å²) < 4.78 is 5.24. The Hall–Kier alpha value is -4.67. The van der Waals surface area contributed by atoms with Crippen LogP contribution in [0.5, 0.6) is 0 Å². The molecule has 0 aliphatic rings. The molecule has 3 amide bonds. The molecule has 0 saturated carbocycles. The SMILES string of the molecule is CCCCOC(=O)c1ccc(NC(=O)C(CC)Sc2cccc(NC(=O)/C(=C/c3cccs3)NC(=O)c3ccccc3)c2)cc1. The Morgan fingerprint density at radius 3 is 2.31 bits per heavy atom. The summed E-state index contributed by atoms with van der Waals surface area (Å²) in [5.74, 6) is -1.43. The van der Waals surface area contributed by atoms with Crippen molar-refractivity contribution in [2.75, 3.05) is 17.2 Å². The summed E-state index contributed by atoms with van der Waals surface area (Å²) in [7, 11) is 0. The van der Waals surface area contributed by atoms with Crippen molar-refractivity contribution < 1.29 is 23.9 Å². The zero-order valence-corrected chi connectivity index (χ0v) is 26.7. The third-order valence-corrected chi connectivity index (χ3v) is 8.69. The fourth-order valence-electron chi connectivity index (χ4n) is 4.10. The van der Waals surface area contributed by atoms with Crippen LogP contribution in [0.2, 0.25) is 0 Å². The Morgan fingerprint density at radius 1 is 0.844 bits per heavy atom. The first kappa shape index (κ1) is 33.2. The van der Waals surface area contributed by atoms with E-state index in [0.717, 1.165) is 22.6 Å². The molecule has 8 nitrogen and oxygen atoms in total. The fourth-order valence-corrected chi connectivity index (χ4v) is 5.77. The number of hydrogen-bond acceptors (Lipinski definition) is 7. The molecule has 3 N–H and O–H groups in total. The first-order valence-electron chi connectivity index (χ1n) is 14.6. The van der Waals surface area contributed by atoms with Gasteiger partial charge in [0.2, 0.25) is 5.91 Å². The van der Waals surface area contributed by atoms with Gasteiger partial charge < -0.3 is 20.7 Å². The van der Waals surface area contributed by atoms with Crippen LogP contribution in [0.3, 0.4) is 0 Å². The van der Waals surface area contributed by atoms with Crippen LogP contribution < -0.4 is 16.0 Å². The third kappa shape index (κ3) is 10.2. The van der Waals surface area contributed by atoms with Gasteiger partial charge in [0.15, 0.2) is 0 Å². The lowest BCUT2D eigenvalue weighted by Crippen LogP contribution is -2.30. The van der Waals surface area contributed by atoms with Gasteiger partial charge in [-0.05, 0) is 85.0 Å². The molecule has 0 bridgehead atoms. The molecule has 45 heavy (non-hydrogen) atoms. The van der Waals surface area contributed by atoms with E-state index >= 15 is 0 Å². The van der Waals surface area contributed by atoms with Crippen molar-refractivity contribution >= 4 is 64.2 Å². The predicted octanol–water partition coefficient (Wildman–Crippen LogP) is 7.62. The summed E-state index contributed by atoms with van der Waals surface area (Å²) in [6, 6.07) is 26.2. The zero-order valence-electron chi connectivity index (χ0n) is 25.1. The van der Waals surface area contributed by atoms with Crippen molar-refractivity contribution in [3.05, 3.63) is 118 Å². The Labute approximate surface area is 271 Å². The van der Waals surface area contributed by atoms with Gasteiger partial charge in [-0.2, -0.15) is 0 Å². The van der Waals surface area contributed by atoms with Crippen LogP contribution in [0, 0.1) is 0 Å². The molecule has 0 radical (unpaired) electrons. The van der Waals surface area contributed by atoms with Crippen LogP contribution in [0.4, 0.5) is 11.4 Å². The molecule has 0 spiro atoms. The number of carbonyl (C=O) groups is 4. The van der Waals surface area contributed by atoms with Gasteiger partial charge in [0.25, 0.3) is 11.8 Å². The van der Waals surface area contributed by atoms with Crippen molar-refractivity contribution in [3.63, 3.8) is 0 Å². The van der Waals surface area contributed by atoms with Gasteiger partial charge in [-0.25, -0.2) is 4.79 Å². The van der Waals surface area contributed by atoms with E-state index in [1.807, 2.05) is 43.5 Å². The minimum absolute atomic E-state index is 0.107. The van der Waals surface area contributed by atoms with Crippen LogP contribution in [-0.4, -0.2) is 35.5 Å². The first-order valence-corrected chi connectivity index (χ1v) is 16.4. The molecule has 1 atom stereocenters. The highest BCUT2D eigenvalue weighted by Gasteiger charge is 2.20. The fraction of sp³-hybridized carbons (Fsp3) is 0.200. The van der Waals surface area contributed by atoms with E-state index in [1.165, 1.54) is 23.1 Å². The Bertz CT molecular complexity index is 1620. The molecular weight excluding hydrogens is 607 g/mol. The average Bonchev–Trinajstić information content (AvgIpc) is 3.57. The molecule has 4 rings (SSSR count). The Balaban J connectivity index is 1.39. The normalized spacial score (nSPS) is 11.7. The lowest BCUT2D eigenvalue weighted by atomic mass is 10.2. The van der Waals surface area contributed by atoms with Gasteiger partial charge in [-0.1, -0.05) is 50.6 Å². The van der Waals surface area contributed by atoms with E-state index in [-0.39, 0.29) is 17.6 Å². The van der Waals surface area contributed by atoms with E-state index in [1.54, 1.807) is 72.8 Å². The van der Waals surface area contributed by atoms with Gasteiger partial charge in [-0.3, -0.25) is 14.4 Å². The molecule has 1 heterocycles. The standard InChI is InChI=1S/C35H35N3O5S2/c1-3-5-20-43-35(42)25-16-18-26(19-17-25)36-34(41)31(4-2)45-29-14-9-13-27(22-29)37-33(40)30(23-28-15-10-21-44-28)38-32(39)24-11-7-6-8-12-24/h6-19,21-23,31H,3-5,20H2,1-2H3,(H,36,41)(H,37,40)(H,38,39)/b30-23-. The Kier molecular flexibility index (Phi) is 12.5. The minimum atomic E-state index is -0.475. The van der Waals surface area contributed by atoms with E-state index in [0.29, 0.717) is 35.5 Å². The third-order valence-electron chi connectivity index (χ3n) is 6.51. The molecule has 10 heteroatoms. The van der Waals surface area contributed by atoms with Gasteiger partial charge >= 0.3 is 5.97 Å². The second-order valence-electron chi connectivity index (χ2n) is 9.95. The molecule has 1 unspecified atom stereocenters. The van der Waals surface area contributed by atoms with Crippen LogP contribution >= 0.6 is 23.1 Å². The molecule has 3 aromatic carbocycles. The summed E-state index contributed by atoms with van der Waals surface area (Å²) in [5.41, 5.74) is 2.07. The minimum Gasteiger partial charge on any atom is -0.462 e. The summed E-state index contributed by atoms with van der Waals surface area (Å²) in [5, 5.41) is 10.0. The van der Waals surface area contributed by atoms with E-state index in [2.05, 4.69) is 16.0 Å². The number of unbranched alkanes of at least 4 members (excludes halogenated alkanes) is 1. The second-order valence-corrected chi connectivity index (χ2v) is 12.2. The topological polar surface area (TPSA) is 114 Å². The molecule has 0 saturated heterocycles. The van der Waals surface area contributed by atoms with Gasteiger partial charge in [0, 0.05) is 26.7 Å². The Morgan fingerprint density at radius 2 is 1.62 bits per heavy atom. The van der Waals surface area contributed by atoms with Crippen molar-refractivity contribution in [2.24, 2.45) is 0 Å². The maximum Gasteiger partial charge on any atom is 0.338 e. The maximum atomic E-state index is 13.3. The molecular formula is C35H35N3O5S2. The summed E-state index contributed by atoms with van der Waals surface area (Å²) in [4.78, 5) is 53.1. The number of thioether (sulfide) groups is 1. The highest BCUT2D eigenvalue weighted by molar-refractivity contribution is 8.00. The van der Waals surface area contributed by atoms with E-state index in [9.17, 15) is 19.2 Å². The van der Waals surface area contributed by atoms with Crippen molar-refractivity contribution in [1.82, 2.24) is 5.32 Å². The lowest BCUT2D eigenvalue weighted by molar-refractivity contribution is -0.116. The number of nitrogens with one attached hydrogen (secondary N) is 3. The molecule has 0 fully saturated rings. The van der Waals surface area contributed by atoms with Crippen LogP contribution in [0.1, 0.15) is 58.7 Å². The quantitative estimate of drug-likeness (QED) is 0.0565. The maximum absolute atomic E-state index is 13.3. The largest absolute Gasteiger partial charge is 0.462 e. The summed E-state index contributed by atoms with van der Waals surface area (Å²) in [6.45, 7) is 4.33. The number of hydrogen-bond donors (Lipinski definition) is 3. The molecule has 1 aromatic heterocycles. The first-order chi connectivity index (χ1) is 21.9. The number of anilines is 2. The van der Waals surface area contributed by atoms with Crippen LogP contribution in [0.15, 0.2) is 107 Å². The monoisotopic (exact) mass is 641 g/mol.